The van der Waals surface area contributed by atoms with Gasteiger partial charge in [-0.3, -0.25) is 4.79 Å². The fourth-order valence-electron chi connectivity index (χ4n) is 2.52. The van der Waals surface area contributed by atoms with Gasteiger partial charge in [-0.2, -0.15) is 0 Å². The van der Waals surface area contributed by atoms with E-state index in [2.05, 4.69) is 15.5 Å². The minimum Gasteiger partial charge on any atom is -0.480 e. The van der Waals surface area contributed by atoms with Crippen LogP contribution in [-0.4, -0.2) is 64.0 Å². The molecular weight excluding hydrogens is 302 g/mol. The topological polar surface area (TPSA) is 101 Å². The van der Waals surface area contributed by atoms with Gasteiger partial charge in [-0.1, -0.05) is 11.8 Å². The molecule has 2 aliphatic heterocycles. The molecule has 0 saturated carbocycles. The molecule has 1 aromatic heterocycles. The summed E-state index contributed by atoms with van der Waals surface area (Å²) >= 11 is 2.96. The number of carboxylic acid groups (broad SMARTS) is 1. The molecule has 2 aliphatic rings. The Labute approximate surface area is 123 Å². The number of thioether (sulfide) groups is 2. The quantitative estimate of drug-likeness (QED) is 0.603. The number of nitrogens with zero attached hydrogens (tertiary/aromatic N) is 5. The zero-order chi connectivity index (χ0) is 14.5. The van der Waals surface area contributed by atoms with Crippen molar-refractivity contribution in [1.82, 2.24) is 25.1 Å². The van der Waals surface area contributed by atoms with Gasteiger partial charge < -0.3 is 10.0 Å². The van der Waals surface area contributed by atoms with Crippen LogP contribution in [0.5, 0.6) is 0 Å². The highest BCUT2D eigenvalue weighted by Crippen LogP contribution is 2.52. The summed E-state index contributed by atoms with van der Waals surface area (Å²) in [4.78, 5) is 24.6. The van der Waals surface area contributed by atoms with Crippen molar-refractivity contribution < 1.29 is 14.7 Å². The molecule has 108 valence electrons. The van der Waals surface area contributed by atoms with Gasteiger partial charge >= 0.3 is 5.97 Å². The molecule has 1 amide bonds. The monoisotopic (exact) mass is 315 g/mol. The van der Waals surface area contributed by atoms with E-state index in [1.807, 2.05) is 6.92 Å². The van der Waals surface area contributed by atoms with E-state index >= 15 is 0 Å². The van der Waals surface area contributed by atoms with Crippen molar-refractivity contribution >= 4 is 35.4 Å². The molecule has 3 heterocycles. The van der Waals surface area contributed by atoms with Crippen molar-refractivity contribution in [3.05, 3.63) is 0 Å². The second kappa shape index (κ2) is 4.62. The number of hydrogen-bond acceptors (Lipinski definition) is 7. The van der Waals surface area contributed by atoms with E-state index in [4.69, 9.17) is 0 Å². The molecule has 3 rings (SSSR count). The first kappa shape index (κ1) is 13.7. The Morgan fingerprint density at radius 3 is 2.95 bits per heavy atom. The number of hydrogen-bond donors (Lipinski definition) is 1. The van der Waals surface area contributed by atoms with E-state index in [1.165, 1.54) is 16.7 Å². The number of aryl methyl sites for hydroxylation is 1. The van der Waals surface area contributed by atoms with Crippen molar-refractivity contribution in [2.75, 3.05) is 5.75 Å². The zero-order valence-corrected chi connectivity index (χ0v) is 12.5. The predicted molar refractivity (Wildman–Crippen MR) is 72.2 cm³/mol. The van der Waals surface area contributed by atoms with Gasteiger partial charge in [0.15, 0.2) is 0 Å². The molecule has 8 nitrogen and oxygen atoms in total. The van der Waals surface area contributed by atoms with Gasteiger partial charge in [0, 0.05) is 12.8 Å². The van der Waals surface area contributed by atoms with Gasteiger partial charge in [0.1, 0.15) is 6.04 Å². The van der Waals surface area contributed by atoms with Crippen LogP contribution in [0, 0.1) is 0 Å². The number of amides is 1. The van der Waals surface area contributed by atoms with Crippen molar-refractivity contribution in [1.29, 1.82) is 0 Å². The molecule has 2 saturated heterocycles. The van der Waals surface area contributed by atoms with Crippen LogP contribution in [-0.2, 0) is 16.6 Å². The predicted octanol–water partition coefficient (Wildman–Crippen LogP) is -0.181. The maximum atomic E-state index is 11.6. The molecule has 0 aliphatic carbocycles. The second-order valence-corrected chi connectivity index (χ2v) is 7.66. The SMILES string of the molecule is Cn1nnnc1SCC1(C)SC2CC(=O)N2C1C(=O)O. The van der Waals surface area contributed by atoms with Crippen molar-refractivity contribution in [3.8, 4) is 0 Å². The average molecular weight is 315 g/mol. The first-order chi connectivity index (χ1) is 9.42. The van der Waals surface area contributed by atoms with Crippen LogP contribution in [0.3, 0.4) is 0 Å². The molecule has 20 heavy (non-hydrogen) atoms. The first-order valence-electron chi connectivity index (χ1n) is 5.99. The molecule has 1 N–H and O–H groups in total. The number of aromatic nitrogens is 4. The number of fused-ring (bicyclic) bond motifs is 1. The standard InChI is InChI=1S/C10H13N5O3S2/c1-10(4-19-9-11-12-13-14(9)2)7(8(17)18)15-5(16)3-6(15)20-10/h6-7H,3-4H2,1-2H3,(H,17,18). The second-order valence-electron chi connectivity index (χ2n) is 5.00. The number of carbonyl (C=O) groups is 2. The number of carboxylic acids is 1. The summed E-state index contributed by atoms with van der Waals surface area (Å²) in [5, 5.41) is 21.2. The van der Waals surface area contributed by atoms with Crippen LogP contribution in [0.1, 0.15) is 13.3 Å². The Morgan fingerprint density at radius 1 is 1.65 bits per heavy atom. The van der Waals surface area contributed by atoms with Gasteiger partial charge in [0.05, 0.1) is 16.5 Å². The summed E-state index contributed by atoms with van der Waals surface area (Å²) < 4.78 is 1.00. The summed E-state index contributed by atoms with van der Waals surface area (Å²) in [7, 11) is 1.73. The van der Waals surface area contributed by atoms with Gasteiger partial charge in [0.2, 0.25) is 11.1 Å². The van der Waals surface area contributed by atoms with E-state index in [0.29, 0.717) is 17.3 Å². The molecule has 0 bridgehead atoms. The molecule has 3 atom stereocenters. The highest BCUT2D eigenvalue weighted by molar-refractivity contribution is 8.04. The van der Waals surface area contributed by atoms with Crippen molar-refractivity contribution in [2.24, 2.45) is 7.05 Å². The number of tetrazole rings is 1. The lowest BCUT2D eigenvalue weighted by molar-refractivity contribution is -0.157. The number of β-lactam (4-membered cyclic amide) rings is 1. The van der Waals surface area contributed by atoms with Gasteiger partial charge in [-0.25, -0.2) is 9.48 Å². The Kier molecular flexibility index (Phi) is 3.16. The lowest BCUT2D eigenvalue weighted by atomic mass is 9.98. The number of carbonyl (C=O) groups excluding carboxylic acids is 1. The summed E-state index contributed by atoms with van der Waals surface area (Å²) in [6, 6.07) is -0.785. The fraction of sp³-hybridized carbons (Fsp3) is 0.700. The van der Waals surface area contributed by atoms with Crippen LogP contribution < -0.4 is 0 Å². The van der Waals surface area contributed by atoms with Gasteiger partial charge in [-0.05, 0) is 17.4 Å². The van der Waals surface area contributed by atoms with Crippen LogP contribution in [0.4, 0.5) is 0 Å². The molecule has 1 aromatic rings. The molecule has 0 spiro atoms. The molecular formula is C10H13N5O3S2. The number of aliphatic carboxylic acids is 1. The van der Waals surface area contributed by atoms with E-state index in [9.17, 15) is 14.7 Å². The Balaban J connectivity index is 1.78. The lowest BCUT2D eigenvalue weighted by Gasteiger charge is -2.36. The summed E-state index contributed by atoms with van der Waals surface area (Å²) in [6.45, 7) is 1.89. The Bertz CT molecular complexity index is 579. The van der Waals surface area contributed by atoms with E-state index < -0.39 is 16.8 Å². The van der Waals surface area contributed by atoms with Crippen molar-refractivity contribution in [3.63, 3.8) is 0 Å². The summed E-state index contributed by atoms with van der Waals surface area (Å²) in [6.07, 6.45) is 0.431. The summed E-state index contributed by atoms with van der Waals surface area (Å²) in [5.74, 6) is -0.500. The maximum Gasteiger partial charge on any atom is 0.327 e. The summed E-state index contributed by atoms with van der Waals surface area (Å²) in [5.41, 5.74) is 0. The highest BCUT2D eigenvalue weighted by atomic mass is 32.2. The molecule has 2 fully saturated rings. The lowest BCUT2D eigenvalue weighted by Crippen LogP contribution is -2.57. The van der Waals surface area contributed by atoms with Crippen LogP contribution in [0.2, 0.25) is 0 Å². The minimum atomic E-state index is -0.952. The van der Waals surface area contributed by atoms with Crippen LogP contribution in [0.15, 0.2) is 5.16 Å². The minimum absolute atomic E-state index is 0.00757. The largest absolute Gasteiger partial charge is 0.480 e. The normalized spacial score (nSPS) is 32.1. The smallest absolute Gasteiger partial charge is 0.327 e. The van der Waals surface area contributed by atoms with E-state index in [-0.39, 0.29) is 11.3 Å². The third-order valence-electron chi connectivity index (χ3n) is 3.51. The van der Waals surface area contributed by atoms with Crippen LogP contribution >= 0.6 is 23.5 Å². The fourth-order valence-corrected chi connectivity index (χ4v) is 5.41. The van der Waals surface area contributed by atoms with Crippen molar-refractivity contribution in [2.45, 2.75) is 34.7 Å². The van der Waals surface area contributed by atoms with E-state index in [0.717, 1.165) is 0 Å². The molecule has 10 heteroatoms. The molecule has 0 aromatic carbocycles. The third kappa shape index (κ3) is 1.97. The van der Waals surface area contributed by atoms with E-state index in [1.54, 1.807) is 23.5 Å². The molecule has 3 unspecified atom stereocenters. The average Bonchev–Trinajstić information content (AvgIpc) is 2.87. The zero-order valence-electron chi connectivity index (χ0n) is 10.9. The maximum absolute atomic E-state index is 11.6. The molecule has 0 radical (unpaired) electrons. The number of rotatable bonds is 4. The van der Waals surface area contributed by atoms with Crippen LogP contribution in [0.25, 0.3) is 0 Å². The Morgan fingerprint density at radius 2 is 2.40 bits per heavy atom. The van der Waals surface area contributed by atoms with Gasteiger partial charge in [0.25, 0.3) is 0 Å². The third-order valence-corrected chi connectivity index (χ3v) is 6.62. The first-order valence-corrected chi connectivity index (χ1v) is 7.86. The Hall–Kier alpha value is -1.29. The van der Waals surface area contributed by atoms with Gasteiger partial charge in [-0.15, -0.1) is 16.9 Å². The highest BCUT2D eigenvalue weighted by Gasteiger charge is 2.60.